The number of likely N-dealkylation sites (tertiary alicyclic amines) is 1. The number of nitrogens with zero attached hydrogens (tertiary/aromatic N) is 4. The molecule has 52 heavy (non-hydrogen) atoms. The lowest BCUT2D eigenvalue weighted by Gasteiger charge is -2.41. The van der Waals surface area contributed by atoms with Gasteiger partial charge in [0.25, 0.3) is 5.56 Å². The average Bonchev–Trinajstić information content (AvgIpc) is 3.13. The molecule has 3 fully saturated rings. The fourth-order valence-electron chi connectivity index (χ4n) is 7.81. The van der Waals surface area contributed by atoms with Crippen molar-refractivity contribution in [3.8, 4) is 16.9 Å². The molecule has 14 heteroatoms. The maximum absolute atomic E-state index is 15.2. The number of aromatic nitrogens is 2. The van der Waals surface area contributed by atoms with E-state index >= 15 is 4.39 Å². The first-order valence-electron chi connectivity index (χ1n) is 18.9. The van der Waals surface area contributed by atoms with E-state index in [0.717, 1.165) is 31.9 Å². The molecule has 0 aliphatic carbocycles. The number of rotatable bonds is 8. The van der Waals surface area contributed by atoms with E-state index in [1.54, 1.807) is 24.3 Å². The van der Waals surface area contributed by atoms with Crippen LogP contribution < -0.4 is 25.8 Å². The van der Waals surface area contributed by atoms with Gasteiger partial charge in [-0.25, -0.2) is 4.39 Å². The van der Waals surface area contributed by atoms with Crippen LogP contribution in [0.5, 0.6) is 5.75 Å². The van der Waals surface area contributed by atoms with Gasteiger partial charge in [-0.3, -0.25) is 29.6 Å². The molecule has 2 aromatic carbocycles. The van der Waals surface area contributed by atoms with Crippen molar-refractivity contribution >= 4 is 34.0 Å². The van der Waals surface area contributed by atoms with Gasteiger partial charge >= 0.3 is 6.36 Å². The minimum absolute atomic E-state index is 0.0226. The van der Waals surface area contributed by atoms with Crippen molar-refractivity contribution in [1.29, 1.82) is 0 Å². The number of anilines is 2. The van der Waals surface area contributed by atoms with Crippen LogP contribution in [0.2, 0.25) is 0 Å². The highest BCUT2D eigenvalue weighted by Gasteiger charge is 2.34. The van der Waals surface area contributed by atoms with Crippen LogP contribution in [0.1, 0.15) is 48.2 Å². The number of carbonyl (C=O) groups is 2. The van der Waals surface area contributed by atoms with Gasteiger partial charge in [0, 0.05) is 72.5 Å². The normalized spacial score (nSPS) is 20.7. The fraction of sp³-hybridized carbons (Fsp3) is 0.421. The third-order valence-electron chi connectivity index (χ3n) is 10.5. The van der Waals surface area contributed by atoms with E-state index in [9.17, 15) is 27.6 Å². The number of piperidine rings is 3. The second kappa shape index (κ2) is 14.6. The number of alkyl halides is 3. The van der Waals surface area contributed by atoms with Crippen LogP contribution in [0.4, 0.5) is 28.9 Å². The summed E-state index contributed by atoms with van der Waals surface area (Å²) in [4.78, 5) is 44.5. The SMILES string of the molecule is [2H]C([2H])([2H])n1cc(-c2ccc(CN3CCC(C4CCN(c5ccc(NC6CCC(=O)NC6=O)cc5F)CC4)CC3)c(OC(F)(F)F)c2)c2ccncc2c1=O. The molecule has 2 aromatic heterocycles. The Kier molecular flexibility index (Phi) is 8.89. The molecule has 3 aliphatic rings. The Morgan fingerprint density at radius 1 is 0.962 bits per heavy atom. The van der Waals surface area contributed by atoms with Crippen LogP contribution in [0.15, 0.2) is 65.8 Å². The number of fused-ring (bicyclic) bond motifs is 1. The van der Waals surface area contributed by atoms with Crippen LogP contribution >= 0.6 is 0 Å². The maximum Gasteiger partial charge on any atom is 0.573 e. The Bertz CT molecular complexity index is 2150. The molecule has 7 rings (SSSR count). The molecule has 1 atom stereocenters. The molecule has 4 aromatic rings. The molecule has 0 radical (unpaired) electrons. The van der Waals surface area contributed by atoms with E-state index in [1.807, 2.05) is 4.90 Å². The standard InChI is InChI=1S/C38H40F4N6O4/c1-46-22-30(28-8-13-43-20-29(28)37(46)51)25-2-3-26(34(18-25)52-38(40,41)42)21-47-14-9-23(10-15-47)24-11-16-48(17-12-24)33-6-4-27(19-31(33)39)44-32-5-7-35(49)45-36(32)50/h2-4,6,8,13,18-20,22-24,32,44H,5,7,9-12,14-17,21H2,1H3,(H,45,49,50)/i1D3. The second-order valence-electron chi connectivity index (χ2n) is 13.8. The molecule has 2 amide bonds. The molecule has 5 heterocycles. The number of hydrogen-bond donors (Lipinski definition) is 2. The Balaban J connectivity index is 0.982. The highest BCUT2D eigenvalue weighted by Crippen LogP contribution is 2.38. The minimum Gasteiger partial charge on any atom is -0.405 e. The Labute approximate surface area is 302 Å². The Morgan fingerprint density at radius 3 is 2.40 bits per heavy atom. The first-order valence-corrected chi connectivity index (χ1v) is 17.4. The van der Waals surface area contributed by atoms with Crippen molar-refractivity contribution < 1.29 is 36.0 Å². The summed E-state index contributed by atoms with van der Waals surface area (Å²) in [6.07, 6.45) is 2.87. The van der Waals surface area contributed by atoms with E-state index in [4.69, 9.17) is 4.11 Å². The van der Waals surface area contributed by atoms with Gasteiger partial charge in [0.1, 0.15) is 17.6 Å². The van der Waals surface area contributed by atoms with Crippen molar-refractivity contribution in [1.82, 2.24) is 19.8 Å². The van der Waals surface area contributed by atoms with Gasteiger partial charge in [0.15, 0.2) is 0 Å². The third-order valence-corrected chi connectivity index (χ3v) is 10.5. The predicted octanol–water partition coefficient (Wildman–Crippen LogP) is 5.98. The summed E-state index contributed by atoms with van der Waals surface area (Å²) in [5.74, 6) is -0.678. The minimum atomic E-state index is -4.98. The maximum atomic E-state index is 15.2. The van der Waals surface area contributed by atoms with Crippen LogP contribution in [0.3, 0.4) is 0 Å². The van der Waals surface area contributed by atoms with E-state index in [0.29, 0.717) is 71.3 Å². The fourth-order valence-corrected chi connectivity index (χ4v) is 7.81. The molecular weight excluding hydrogens is 680 g/mol. The molecule has 2 N–H and O–H groups in total. The van der Waals surface area contributed by atoms with E-state index in [1.165, 1.54) is 30.6 Å². The smallest absolute Gasteiger partial charge is 0.405 e. The molecule has 1 unspecified atom stereocenters. The lowest BCUT2D eigenvalue weighted by atomic mass is 9.78. The highest BCUT2D eigenvalue weighted by atomic mass is 19.4. The number of nitrogens with one attached hydrogen (secondary N) is 2. The van der Waals surface area contributed by atoms with Crippen molar-refractivity contribution in [3.05, 3.63) is 82.8 Å². The number of benzene rings is 2. The van der Waals surface area contributed by atoms with Gasteiger partial charge in [-0.1, -0.05) is 12.1 Å². The highest BCUT2D eigenvalue weighted by molar-refractivity contribution is 6.01. The van der Waals surface area contributed by atoms with Crippen LogP contribution in [0, 0.1) is 17.7 Å². The largest absolute Gasteiger partial charge is 0.573 e. The summed E-state index contributed by atoms with van der Waals surface area (Å²) >= 11 is 0. The van der Waals surface area contributed by atoms with Crippen LogP contribution in [0.25, 0.3) is 21.9 Å². The van der Waals surface area contributed by atoms with Gasteiger partial charge in [0.2, 0.25) is 11.8 Å². The molecule has 10 nitrogen and oxygen atoms in total. The van der Waals surface area contributed by atoms with Crippen molar-refractivity contribution in [2.24, 2.45) is 18.8 Å². The average molecular weight is 724 g/mol. The summed E-state index contributed by atoms with van der Waals surface area (Å²) in [6.45, 7) is 0.105. The van der Waals surface area contributed by atoms with E-state index < -0.39 is 42.4 Å². The van der Waals surface area contributed by atoms with E-state index in [2.05, 4.69) is 25.3 Å². The van der Waals surface area contributed by atoms with Crippen molar-refractivity contribution in [2.75, 3.05) is 36.4 Å². The second-order valence-corrected chi connectivity index (χ2v) is 13.8. The number of amides is 2. The van der Waals surface area contributed by atoms with Gasteiger partial charge < -0.3 is 19.5 Å². The number of hydrogen-bond acceptors (Lipinski definition) is 8. The quantitative estimate of drug-likeness (QED) is 0.169. The zero-order chi connectivity index (χ0) is 39.1. The summed E-state index contributed by atoms with van der Waals surface area (Å²) in [7, 11) is 0. The summed E-state index contributed by atoms with van der Waals surface area (Å²) in [5.41, 5.74) is 1.00. The number of pyridine rings is 2. The molecule has 3 aliphatic heterocycles. The molecule has 274 valence electrons. The Hall–Kier alpha value is -4.98. The first kappa shape index (κ1) is 31.7. The van der Waals surface area contributed by atoms with Gasteiger partial charge in [-0.05, 0) is 98.3 Å². The third kappa shape index (κ3) is 7.76. The number of carbonyl (C=O) groups excluding carboxylic acids is 2. The lowest BCUT2D eigenvalue weighted by Crippen LogP contribution is -2.47. The zero-order valence-corrected chi connectivity index (χ0v) is 28.2. The Morgan fingerprint density at radius 2 is 1.71 bits per heavy atom. The van der Waals surface area contributed by atoms with Gasteiger partial charge in [-0.2, -0.15) is 0 Å². The molecule has 3 saturated heterocycles. The number of halogens is 4. The zero-order valence-electron chi connectivity index (χ0n) is 31.2. The van der Waals surface area contributed by atoms with E-state index in [-0.39, 0.29) is 35.4 Å². The van der Waals surface area contributed by atoms with Crippen LogP contribution in [-0.4, -0.2) is 64.8 Å². The van der Waals surface area contributed by atoms with Crippen LogP contribution in [-0.2, 0) is 23.1 Å². The summed E-state index contributed by atoms with van der Waals surface area (Å²) in [5, 5.41) is 5.67. The first-order chi connectivity index (χ1) is 26.1. The summed E-state index contributed by atoms with van der Waals surface area (Å²) in [6, 6.07) is 10.1. The monoisotopic (exact) mass is 723 g/mol. The molecule has 0 spiro atoms. The lowest BCUT2D eigenvalue weighted by molar-refractivity contribution is -0.275. The van der Waals surface area contributed by atoms with Crippen molar-refractivity contribution in [2.45, 2.75) is 57.5 Å². The molecule has 0 saturated carbocycles. The summed E-state index contributed by atoms with van der Waals surface area (Å²) < 4.78 is 84.9. The number of ether oxygens (including phenoxy) is 1. The van der Waals surface area contributed by atoms with Gasteiger partial charge in [0.05, 0.1) is 11.1 Å². The topological polar surface area (TPSA) is 109 Å². The molecule has 0 bridgehead atoms. The number of aryl methyl sites for hydroxylation is 1. The molecular formula is C38H40F4N6O4. The predicted molar refractivity (Wildman–Crippen MR) is 188 cm³/mol. The number of imide groups is 1. The van der Waals surface area contributed by atoms with Crippen molar-refractivity contribution in [3.63, 3.8) is 0 Å². The van der Waals surface area contributed by atoms with Gasteiger partial charge in [-0.15, -0.1) is 13.2 Å².